The second kappa shape index (κ2) is 9.11. The molecule has 3 aliphatic rings. The number of hydrogen-bond acceptors (Lipinski definition) is 4. The van der Waals surface area contributed by atoms with Crippen LogP contribution in [-0.4, -0.2) is 79.6 Å². The Balaban J connectivity index is 1.42. The number of likely N-dealkylation sites (tertiary alicyclic amines) is 2. The van der Waals surface area contributed by atoms with Gasteiger partial charge in [-0.25, -0.2) is 4.79 Å². The first-order chi connectivity index (χ1) is 13.5. The summed E-state index contributed by atoms with van der Waals surface area (Å²) in [5, 5.41) is 8.73. The van der Waals surface area contributed by atoms with E-state index < -0.39 is 5.54 Å². The van der Waals surface area contributed by atoms with E-state index in [0.717, 1.165) is 50.9 Å². The Morgan fingerprint density at radius 1 is 1.18 bits per heavy atom. The van der Waals surface area contributed by atoms with E-state index in [4.69, 9.17) is 0 Å². The van der Waals surface area contributed by atoms with E-state index >= 15 is 0 Å². The summed E-state index contributed by atoms with van der Waals surface area (Å²) >= 11 is 0. The lowest BCUT2D eigenvalue weighted by atomic mass is 9.79. The molecule has 3 aliphatic heterocycles. The minimum absolute atomic E-state index is 0.150. The number of nitrogens with zero attached hydrogens (tertiary/aromatic N) is 3. The van der Waals surface area contributed by atoms with Crippen molar-refractivity contribution in [1.29, 1.82) is 0 Å². The lowest BCUT2D eigenvalue weighted by molar-refractivity contribution is -0.125. The number of amides is 3. The number of guanidine groups is 1. The first-order valence-electron chi connectivity index (χ1n) is 10.8. The summed E-state index contributed by atoms with van der Waals surface area (Å²) in [5.74, 6) is 1.71. The van der Waals surface area contributed by atoms with Gasteiger partial charge < -0.3 is 20.4 Å². The maximum Gasteiger partial charge on any atom is 0.322 e. The summed E-state index contributed by atoms with van der Waals surface area (Å²) in [5.41, 5.74) is -0.784. The van der Waals surface area contributed by atoms with Crippen LogP contribution in [0.3, 0.4) is 0 Å². The zero-order valence-electron chi connectivity index (χ0n) is 17.6. The quantitative estimate of drug-likeness (QED) is 0.369. The molecular formula is C20H36N6O2. The third-order valence-electron chi connectivity index (χ3n) is 6.88. The van der Waals surface area contributed by atoms with Crippen LogP contribution >= 0.6 is 0 Å². The summed E-state index contributed by atoms with van der Waals surface area (Å²) in [6.45, 7) is 10.3. The van der Waals surface area contributed by atoms with Crippen molar-refractivity contribution in [2.24, 2.45) is 16.8 Å². The van der Waals surface area contributed by atoms with E-state index in [9.17, 15) is 9.59 Å². The number of carbonyl (C=O) groups excluding carboxylic acids is 2. The molecule has 0 aromatic carbocycles. The molecule has 158 valence electrons. The number of rotatable bonds is 5. The van der Waals surface area contributed by atoms with Crippen LogP contribution in [0.15, 0.2) is 4.99 Å². The van der Waals surface area contributed by atoms with E-state index in [0.29, 0.717) is 0 Å². The molecule has 28 heavy (non-hydrogen) atoms. The van der Waals surface area contributed by atoms with Gasteiger partial charge in [-0.15, -0.1) is 0 Å². The molecule has 1 atom stereocenters. The summed E-state index contributed by atoms with van der Waals surface area (Å²) in [7, 11) is 1.83. The van der Waals surface area contributed by atoms with Gasteiger partial charge in [-0.2, -0.15) is 0 Å². The maximum atomic E-state index is 12.2. The zero-order chi connectivity index (χ0) is 20.1. The predicted octanol–water partition coefficient (Wildman–Crippen LogP) is 0.994. The molecular weight excluding hydrogens is 356 g/mol. The Labute approximate surface area is 168 Å². The van der Waals surface area contributed by atoms with E-state index in [1.807, 2.05) is 14.0 Å². The fourth-order valence-corrected chi connectivity index (χ4v) is 4.82. The molecule has 0 radical (unpaired) electrons. The minimum Gasteiger partial charge on any atom is -0.356 e. The van der Waals surface area contributed by atoms with Gasteiger partial charge in [0.2, 0.25) is 0 Å². The van der Waals surface area contributed by atoms with Gasteiger partial charge >= 0.3 is 6.03 Å². The third-order valence-corrected chi connectivity index (χ3v) is 6.88. The van der Waals surface area contributed by atoms with Crippen LogP contribution in [0.1, 0.15) is 46.0 Å². The van der Waals surface area contributed by atoms with Crippen molar-refractivity contribution in [2.45, 2.75) is 51.5 Å². The lowest BCUT2D eigenvalue weighted by Gasteiger charge is -2.39. The van der Waals surface area contributed by atoms with Crippen LogP contribution in [0.4, 0.5) is 4.79 Å². The van der Waals surface area contributed by atoms with Crippen LogP contribution in [0.2, 0.25) is 0 Å². The monoisotopic (exact) mass is 392 g/mol. The summed E-state index contributed by atoms with van der Waals surface area (Å²) < 4.78 is 0. The molecule has 0 spiro atoms. The number of imide groups is 1. The van der Waals surface area contributed by atoms with Gasteiger partial charge in [0.25, 0.3) is 5.91 Å². The van der Waals surface area contributed by atoms with Crippen LogP contribution in [-0.2, 0) is 4.79 Å². The van der Waals surface area contributed by atoms with Crippen molar-refractivity contribution >= 4 is 17.9 Å². The maximum absolute atomic E-state index is 12.2. The molecule has 3 N–H and O–H groups in total. The molecule has 8 nitrogen and oxygen atoms in total. The molecule has 3 fully saturated rings. The average molecular weight is 393 g/mol. The Hall–Kier alpha value is -1.83. The van der Waals surface area contributed by atoms with Crippen molar-refractivity contribution in [3.05, 3.63) is 0 Å². The first kappa shape index (κ1) is 20.9. The van der Waals surface area contributed by atoms with E-state index in [1.54, 1.807) is 0 Å². The van der Waals surface area contributed by atoms with Gasteiger partial charge in [-0.3, -0.25) is 15.1 Å². The van der Waals surface area contributed by atoms with Gasteiger partial charge in [0.05, 0.1) is 0 Å². The van der Waals surface area contributed by atoms with Crippen molar-refractivity contribution in [3.63, 3.8) is 0 Å². The van der Waals surface area contributed by atoms with Gasteiger partial charge in [-0.1, -0.05) is 6.92 Å². The third kappa shape index (κ3) is 4.59. The highest BCUT2D eigenvalue weighted by Gasteiger charge is 2.48. The van der Waals surface area contributed by atoms with Gasteiger partial charge in [0, 0.05) is 26.7 Å². The molecule has 0 aromatic rings. The highest BCUT2D eigenvalue weighted by atomic mass is 16.2. The molecule has 0 aromatic heterocycles. The van der Waals surface area contributed by atoms with Crippen LogP contribution in [0.5, 0.6) is 0 Å². The van der Waals surface area contributed by atoms with E-state index in [-0.39, 0.29) is 17.9 Å². The number of carbonyl (C=O) groups is 2. The second-order valence-electron chi connectivity index (χ2n) is 8.51. The molecule has 3 amide bonds. The summed E-state index contributed by atoms with van der Waals surface area (Å²) in [6, 6.07) is -0.378. The molecule has 0 bridgehead atoms. The molecule has 3 rings (SSSR count). The highest BCUT2D eigenvalue weighted by Crippen LogP contribution is 2.30. The van der Waals surface area contributed by atoms with Crippen LogP contribution in [0.25, 0.3) is 0 Å². The molecule has 0 saturated carbocycles. The normalized spacial score (nSPS) is 28.4. The lowest BCUT2D eigenvalue weighted by Crippen LogP contribution is -2.55. The highest BCUT2D eigenvalue weighted by molar-refractivity contribution is 6.07. The molecule has 3 saturated heterocycles. The number of aliphatic imine (C=N–C) groups is 1. The van der Waals surface area contributed by atoms with Gasteiger partial charge in [0.15, 0.2) is 5.96 Å². The largest absolute Gasteiger partial charge is 0.356 e. The topological polar surface area (TPSA) is 89.1 Å². The molecule has 0 aliphatic carbocycles. The Kier molecular flexibility index (Phi) is 6.80. The number of piperidine rings is 2. The second-order valence-corrected chi connectivity index (χ2v) is 8.51. The fraction of sp³-hybridized carbons (Fsp3) is 0.850. The Morgan fingerprint density at radius 3 is 2.39 bits per heavy atom. The number of urea groups is 1. The minimum atomic E-state index is -0.784. The van der Waals surface area contributed by atoms with Crippen LogP contribution in [0, 0.1) is 11.8 Å². The van der Waals surface area contributed by atoms with E-state index in [1.165, 1.54) is 32.4 Å². The van der Waals surface area contributed by atoms with Crippen molar-refractivity contribution < 1.29 is 9.59 Å². The molecule has 1 unspecified atom stereocenters. The standard InChI is InChI=1S/C20H36N6O2/c1-4-25-11-6-15(7-12-25)5-10-22-18(21-3)26-13-8-16(9-14-26)20(2)17(27)23-19(28)24-20/h15-16H,4-14H2,1-3H3,(H,21,22)(H2,23,24,27,28). The summed E-state index contributed by atoms with van der Waals surface area (Å²) in [4.78, 5) is 33.0. The van der Waals surface area contributed by atoms with Crippen molar-refractivity contribution in [1.82, 2.24) is 25.8 Å². The Morgan fingerprint density at radius 2 is 1.86 bits per heavy atom. The average Bonchev–Trinajstić information content (AvgIpc) is 2.98. The van der Waals surface area contributed by atoms with Gasteiger partial charge in [-0.05, 0) is 70.5 Å². The SMILES string of the molecule is CCN1CCC(CCNC(=NC)N2CCC(C3(C)NC(=O)NC3=O)CC2)CC1. The molecule has 8 heteroatoms. The number of hydrogen-bond donors (Lipinski definition) is 3. The Bertz CT molecular complexity index is 594. The smallest absolute Gasteiger partial charge is 0.322 e. The van der Waals surface area contributed by atoms with Crippen LogP contribution < -0.4 is 16.0 Å². The first-order valence-corrected chi connectivity index (χ1v) is 10.8. The molecule has 3 heterocycles. The van der Waals surface area contributed by atoms with E-state index in [2.05, 4.69) is 37.7 Å². The predicted molar refractivity (Wildman–Crippen MR) is 110 cm³/mol. The van der Waals surface area contributed by atoms with Gasteiger partial charge in [0.1, 0.15) is 5.54 Å². The fourth-order valence-electron chi connectivity index (χ4n) is 4.82. The summed E-state index contributed by atoms with van der Waals surface area (Å²) in [6.07, 6.45) is 5.51. The van der Waals surface area contributed by atoms with Crippen molar-refractivity contribution in [2.75, 3.05) is 46.3 Å². The zero-order valence-corrected chi connectivity index (χ0v) is 17.6. The number of nitrogens with one attached hydrogen (secondary N) is 3. The van der Waals surface area contributed by atoms with Crippen molar-refractivity contribution in [3.8, 4) is 0 Å².